The first-order chi connectivity index (χ1) is 9.31. The van der Waals surface area contributed by atoms with Crippen molar-refractivity contribution in [2.45, 2.75) is 16.2 Å². The topological polar surface area (TPSA) is 29.5 Å². The highest BCUT2D eigenvalue weighted by Gasteiger charge is 2.22. The van der Waals surface area contributed by atoms with Crippen LogP contribution in [0.15, 0.2) is 65.6 Å². The fraction of sp³-hybridized carbons (Fsp3) is 0.250. The van der Waals surface area contributed by atoms with Gasteiger partial charge in [0, 0.05) is 12.0 Å². The number of aliphatic hydroxyl groups excluding tert-OH is 1. The van der Waals surface area contributed by atoms with Crippen molar-refractivity contribution in [3.8, 4) is 0 Å². The fourth-order valence-corrected chi connectivity index (χ4v) is 3.05. The van der Waals surface area contributed by atoms with E-state index in [4.69, 9.17) is 4.74 Å². The van der Waals surface area contributed by atoms with Crippen LogP contribution in [0.5, 0.6) is 0 Å². The average molecular weight is 274 g/mol. The van der Waals surface area contributed by atoms with Crippen LogP contribution >= 0.6 is 11.8 Å². The van der Waals surface area contributed by atoms with Gasteiger partial charge in [0.2, 0.25) is 0 Å². The van der Waals surface area contributed by atoms with Gasteiger partial charge in [-0.05, 0) is 17.7 Å². The third-order valence-corrected chi connectivity index (χ3v) is 4.21. The zero-order chi connectivity index (χ0) is 13.5. The number of methoxy groups -OCH3 is 1. The molecule has 0 amide bonds. The lowest BCUT2D eigenvalue weighted by molar-refractivity contribution is 0.0631. The number of rotatable bonds is 6. The molecule has 0 saturated heterocycles. The highest BCUT2D eigenvalue weighted by molar-refractivity contribution is 7.99. The molecule has 0 aromatic heterocycles. The van der Waals surface area contributed by atoms with Crippen molar-refractivity contribution >= 4 is 11.8 Å². The molecule has 0 fully saturated rings. The lowest BCUT2D eigenvalue weighted by Crippen LogP contribution is -2.21. The van der Waals surface area contributed by atoms with Crippen LogP contribution in [-0.4, -0.2) is 24.9 Å². The van der Waals surface area contributed by atoms with E-state index in [1.807, 2.05) is 48.5 Å². The first-order valence-corrected chi connectivity index (χ1v) is 7.13. The van der Waals surface area contributed by atoms with E-state index in [2.05, 4.69) is 12.1 Å². The monoisotopic (exact) mass is 274 g/mol. The summed E-state index contributed by atoms with van der Waals surface area (Å²) in [5, 5.41) is 10.3. The molecule has 0 saturated carbocycles. The smallest absolute Gasteiger partial charge is 0.0936 e. The Balaban J connectivity index is 2.20. The van der Waals surface area contributed by atoms with Gasteiger partial charge >= 0.3 is 0 Å². The van der Waals surface area contributed by atoms with Gasteiger partial charge in [0.25, 0.3) is 0 Å². The Kier molecular flexibility index (Phi) is 5.45. The molecule has 3 heteroatoms. The van der Waals surface area contributed by atoms with Gasteiger partial charge in [0.15, 0.2) is 0 Å². The molecule has 0 spiro atoms. The number of hydrogen-bond donors (Lipinski definition) is 1. The highest BCUT2D eigenvalue weighted by Crippen LogP contribution is 2.37. The van der Waals surface area contributed by atoms with E-state index in [0.717, 1.165) is 10.5 Å². The Morgan fingerprint density at radius 2 is 1.58 bits per heavy atom. The Morgan fingerprint density at radius 1 is 1.00 bits per heavy atom. The quantitative estimate of drug-likeness (QED) is 0.817. The molecule has 0 aliphatic rings. The molecule has 0 aliphatic carbocycles. The van der Waals surface area contributed by atoms with E-state index in [0.29, 0.717) is 6.61 Å². The molecule has 1 N–H and O–H groups in total. The second-order valence-corrected chi connectivity index (χ2v) is 5.50. The van der Waals surface area contributed by atoms with Gasteiger partial charge in [0.1, 0.15) is 0 Å². The summed E-state index contributed by atoms with van der Waals surface area (Å²) in [7, 11) is 1.61. The summed E-state index contributed by atoms with van der Waals surface area (Å²) in [6.07, 6.45) is -0.530. The average Bonchev–Trinajstić information content (AvgIpc) is 2.47. The predicted octanol–water partition coefficient (Wildman–Crippen LogP) is 3.53. The third-order valence-electron chi connectivity index (χ3n) is 2.82. The number of thioether (sulfide) groups is 1. The zero-order valence-electron chi connectivity index (χ0n) is 10.9. The minimum atomic E-state index is -0.530. The summed E-state index contributed by atoms with van der Waals surface area (Å²) >= 11 is 1.66. The molecule has 2 rings (SSSR count). The highest BCUT2D eigenvalue weighted by atomic mass is 32.2. The maximum absolute atomic E-state index is 10.3. The molecule has 2 atom stereocenters. The van der Waals surface area contributed by atoms with Gasteiger partial charge in [-0.2, -0.15) is 0 Å². The minimum Gasteiger partial charge on any atom is -0.389 e. The van der Waals surface area contributed by atoms with Gasteiger partial charge in [-0.3, -0.25) is 0 Å². The third kappa shape index (κ3) is 4.10. The van der Waals surface area contributed by atoms with Crippen molar-refractivity contribution in [1.82, 2.24) is 0 Å². The van der Waals surface area contributed by atoms with Crippen LogP contribution in [0.1, 0.15) is 10.8 Å². The Bertz CT molecular complexity index is 473. The molecular weight excluding hydrogens is 256 g/mol. The maximum atomic E-state index is 10.3. The van der Waals surface area contributed by atoms with E-state index in [-0.39, 0.29) is 5.25 Å². The number of aliphatic hydroxyl groups is 1. The summed E-state index contributed by atoms with van der Waals surface area (Å²) in [4.78, 5) is 1.14. The van der Waals surface area contributed by atoms with Crippen molar-refractivity contribution in [2.24, 2.45) is 0 Å². The van der Waals surface area contributed by atoms with Crippen molar-refractivity contribution in [1.29, 1.82) is 0 Å². The Hall–Kier alpha value is -1.29. The van der Waals surface area contributed by atoms with Crippen molar-refractivity contribution in [3.05, 3.63) is 66.2 Å². The van der Waals surface area contributed by atoms with Crippen LogP contribution in [0.2, 0.25) is 0 Å². The fourth-order valence-electron chi connectivity index (χ4n) is 1.92. The molecule has 100 valence electrons. The normalized spacial score (nSPS) is 14.0. The second kappa shape index (κ2) is 7.34. The van der Waals surface area contributed by atoms with Crippen LogP contribution in [0, 0.1) is 0 Å². The molecule has 2 nitrogen and oxygen atoms in total. The summed E-state index contributed by atoms with van der Waals surface area (Å²) in [6, 6.07) is 20.2. The van der Waals surface area contributed by atoms with E-state index in [1.54, 1.807) is 18.9 Å². The zero-order valence-corrected chi connectivity index (χ0v) is 11.7. The van der Waals surface area contributed by atoms with Crippen molar-refractivity contribution in [2.75, 3.05) is 13.7 Å². The lowest BCUT2D eigenvalue weighted by Gasteiger charge is -2.22. The van der Waals surface area contributed by atoms with Crippen LogP contribution in [0.4, 0.5) is 0 Å². The largest absolute Gasteiger partial charge is 0.389 e. The summed E-state index contributed by atoms with van der Waals surface area (Å²) in [6.45, 7) is 0.333. The van der Waals surface area contributed by atoms with Gasteiger partial charge < -0.3 is 9.84 Å². The number of ether oxygens (including phenoxy) is 1. The SMILES string of the molecule is COC[C@H](O)[C@H](Sc1ccccc1)c1ccccc1. The first-order valence-electron chi connectivity index (χ1n) is 6.25. The van der Waals surface area contributed by atoms with Crippen LogP contribution in [0.25, 0.3) is 0 Å². The maximum Gasteiger partial charge on any atom is 0.0936 e. The van der Waals surface area contributed by atoms with E-state index in [1.165, 1.54) is 0 Å². The number of hydrogen-bond acceptors (Lipinski definition) is 3. The molecule has 0 aliphatic heterocycles. The molecule has 0 bridgehead atoms. The Morgan fingerprint density at radius 3 is 2.16 bits per heavy atom. The molecule has 0 radical (unpaired) electrons. The van der Waals surface area contributed by atoms with Gasteiger partial charge in [0.05, 0.1) is 18.0 Å². The molecule has 0 unspecified atom stereocenters. The van der Waals surface area contributed by atoms with Crippen molar-refractivity contribution in [3.63, 3.8) is 0 Å². The molecule has 2 aromatic carbocycles. The molecule has 2 aromatic rings. The van der Waals surface area contributed by atoms with E-state index in [9.17, 15) is 5.11 Å². The van der Waals surface area contributed by atoms with Crippen molar-refractivity contribution < 1.29 is 9.84 Å². The summed E-state index contributed by atoms with van der Waals surface area (Å²) in [5.41, 5.74) is 1.11. The predicted molar refractivity (Wildman–Crippen MR) is 79.4 cm³/mol. The molecule has 0 heterocycles. The van der Waals surface area contributed by atoms with E-state index >= 15 is 0 Å². The molecular formula is C16H18O2S. The standard InChI is InChI=1S/C16H18O2S/c1-18-12-15(17)16(13-8-4-2-5-9-13)19-14-10-6-3-7-11-14/h2-11,15-17H,12H2,1H3/t15-,16+/m0/s1. The van der Waals surface area contributed by atoms with E-state index < -0.39 is 6.10 Å². The molecule has 19 heavy (non-hydrogen) atoms. The number of benzene rings is 2. The van der Waals surface area contributed by atoms with Crippen LogP contribution in [0.3, 0.4) is 0 Å². The minimum absolute atomic E-state index is 0.0245. The lowest BCUT2D eigenvalue weighted by atomic mass is 10.1. The Labute approximate surface area is 118 Å². The van der Waals surface area contributed by atoms with Gasteiger partial charge in [-0.25, -0.2) is 0 Å². The summed E-state index contributed by atoms with van der Waals surface area (Å²) in [5.74, 6) is 0. The first kappa shape index (κ1) is 14.1. The van der Waals surface area contributed by atoms with Crippen LogP contribution < -0.4 is 0 Å². The second-order valence-electron chi connectivity index (χ2n) is 4.28. The van der Waals surface area contributed by atoms with Crippen LogP contribution in [-0.2, 0) is 4.74 Å². The summed E-state index contributed by atoms with van der Waals surface area (Å²) < 4.78 is 5.08. The van der Waals surface area contributed by atoms with Gasteiger partial charge in [-0.1, -0.05) is 48.5 Å². The van der Waals surface area contributed by atoms with Gasteiger partial charge in [-0.15, -0.1) is 11.8 Å².